The van der Waals surface area contributed by atoms with E-state index >= 15 is 0 Å². The number of para-hydroxylation sites is 1. The number of piperidine rings is 5. The third-order valence-electron chi connectivity index (χ3n) is 28.2. The first kappa shape index (κ1) is 90.6. The van der Waals surface area contributed by atoms with Crippen molar-refractivity contribution >= 4 is 68.7 Å². The fourth-order valence-corrected chi connectivity index (χ4v) is 27.1. The molecule has 13 aliphatic rings. The number of methoxy groups -OCH3 is 1. The summed E-state index contributed by atoms with van der Waals surface area (Å²) in [5.41, 5.74) is 3.78. The number of amides is 3. The average molecular weight is 1790 g/mol. The monoisotopic (exact) mass is 1790 g/mol. The number of fused-ring (bicyclic) bond motifs is 2. The Bertz CT molecular complexity index is 5330. The van der Waals surface area contributed by atoms with Gasteiger partial charge in [-0.1, -0.05) is 129 Å². The zero-order valence-electron chi connectivity index (χ0n) is 72.3. The number of benzene rings is 6. The van der Waals surface area contributed by atoms with Crippen molar-refractivity contribution in [3.63, 3.8) is 0 Å². The van der Waals surface area contributed by atoms with Crippen molar-refractivity contribution in [2.75, 3.05) is 125 Å². The number of nitrogens with zero attached hydrogens (tertiary/aromatic N) is 9. The number of pyridine rings is 1. The molecule has 10 saturated heterocycles. The Kier molecular flexibility index (Phi) is 28.2. The van der Waals surface area contributed by atoms with Gasteiger partial charge in [-0.15, -0.1) is 0 Å². The number of hydrogen-bond donors (Lipinski definition) is 5. The summed E-state index contributed by atoms with van der Waals surface area (Å²) in [5, 5.41) is 17.0. The number of carbonyl (C=O) groups is 3. The summed E-state index contributed by atoms with van der Waals surface area (Å²) < 4.78 is 127. The van der Waals surface area contributed by atoms with Gasteiger partial charge < -0.3 is 40.0 Å². The molecule has 20 rings (SSSR count). The molecule has 0 radical (unpaired) electrons. The van der Waals surface area contributed by atoms with Crippen LogP contribution in [0.15, 0.2) is 190 Å². The van der Waals surface area contributed by atoms with E-state index in [4.69, 9.17) is 14.2 Å². The predicted molar refractivity (Wildman–Crippen MR) is 477 cm³/mol. The number of ether oxygens (including phenoxy) is 3. The second kappa shape index (κ2) is 38.9. The SMILES string of the molecule is CCc1ccc(S(=O)(=O)N2CCOC23CCN(CC2CC2)CC3)cc1.COc1ccc(S(=O)(=O)N2CCC3(CC2)NCCC(=O)N3)cc1.O=C1CN(C2CCc3ccccc3C2)C2(CCN(S(=O)(=O)c3ccccc3)CC2)N1.O=C1CN(Cc2ccccc2)C2(CCN(C3CCCCC3)CC2)N1.O=S(=O)(c1cccc2cccnc12)N1CCC2(CC1)NCCO2. The largest absolute Gasteiger partial charge is 0.497 e. The fourth-order valence-electron chi connectivity index (χ4n) is 20.8. The topological polar surface area (TPSA) is 314 Å². The summed E-state index contributed by atoms with van der Waals surface area (Å²) in [6, 6.07) is 51.4. The van der Waals surface area contributed by atoms with Gasteiger partial charge in [-0.05, 0) is 179 Å². The van der Waals surface area contributed by atoms with Crippen molar-refractivity contribution in [3.8, 4) is 5.75 Å². The predicted octanol–water partition coefficient (Wildman–Crippen LogP) is 8.99. The number of rotatable bonds is 16. The van der Waals surface area contributed by atoms with E-state index in [1.807, 2.05) is 36.4 Å². The molecule has 3 aliphatic carbocycles. The molecular formula is C93H124N14O14S4. The zero-order chi connectivity index (χ0) is 87.1. The van der Waals surface area contributed by atoms with Crippen molar-refractivity contribution < 1.29 is 62.3 Å². The van der Waals surface area contributed by atoms with Gasteiger partial charge in [0.2, 0.25) is 57.8 Å². The molecule has 0 bridgehead atoms. The maximum atomic E-state index is 13.2. The van der Waals surface area contributed by atoms with Crippen LogP contribution in [0.2, 0.25) is 0 Å². The normalized spacial score (nSPS) is 23.9. The number of nitrogens with one attached hydrogen (secondary N) is 5. The van der Waals surface area contributed by atoms with E-state index in [1.165, 1.54) is 72.5 Å². The first-order chi connectivity index (χ1) is 60.3. The zero-order valence-corrected chi connectivity index (χ0v) is 75.5. The van der Waals surface area contributed by atoms with Gasteiger partial charge in [0.25, 0.3) is 0 Å². The number of aryl methyl sites for hydroxylation is 2. The van der Waals surface area contributed by atoms with Crippen LogP contribution in [-0.2, 0) is 89.8 Å². The molecule has 1 aromatic heterocycles. The van der Waals surface area contributed by atoms with Gasteiger partial charge in [0, 0.05) is 154 Å². The van der Waals surface area contributed by atoms with Crippen LogP contribution in [0.3, 0.4) is 0 Å². The molecule has 6 aromatic carbocycles. The van der Waals surface area contributed by atoms with E-state index < -0.39 is 57.1 Å². The van der Waals surface area contributed by atoms with Crippen LogP contribution in [0.25, 0.3) is 10.9 Å². The highest BCUT2D eigenvalue weighted by atomic mass is 32.2. The number of likely N-dealkylation sites (tertiary alicyclic amines) is 2. The molecule has 1 atom stereocenters. The van der Waals surface area contributed by atoms with Crippen LogP contribution < -0.4 is 31.3 Å². The number of carbonyl (C=O) groups excluding carboxylic acids is 3. The van der Waals surface area contributed by atoms with Gasteiger partial charge in [0.1, 0.15) is 22.1 Å². The van der Waals surface area contributed by atoms with Gasteiger partial charge in [0.15, 0.2) is 0 Å². The molecular weight excluding hydrogens is 1670 g/mol. The second-order valence-corrected chi connectivity index (χ2v) is 43.5. The van der Waals surface area contributed by atoms with E-state index in [0.29, 0.717) is 151 Å². The number of sulfonamides is 4. The smallest absolute Gasteiger partial charge is 0.245 e. The van der Waals surface area contributed by atoms with Crippen LogP contribution >= 0.6 is 0 Å². The van der Waals surface area contributed by atoms with E-state index in [1.54, 1.807) is 99.0 Å². The first-order valence-electron chi connectivity index (χ1n) is 45.3. The molecule has 1 unspecified atom stereocenters. The highest BCUT2D eigenvalue weighted by molar-refractivity contribution is 7.90. The van der Waals surface area contributed by atoms with Crippen LogP contribution in [0.1, 0.15) is 151 Å². The highest BCUT2D eigenvalue weighted by Crippen LogP contribution is 2.43. The minimum absolute atomic E-state index is 0.0233. The van der Waals surface area contributed by atoms with Gasteiger partial charge in [0.05, 0.1) is 70.6 Å². The van der Waals surface area contributed by atoms with E-state index in [2.05, 4.69) is 113 Å². The Morgan fingerprint density at radius 3 is 1.71 bits per heavy atom. The van der Waals surface area contributed by atoms with Crippen molar-refractivity contribution in [2.45, 2.75) is 215 Å². The lowest BCUT2D eigenvalue weighted by atomic mass is 9.85. The minimum Gasteiger partial charge on any atom is -0.497 e. The standard InChI is InChI=1S/C23H27N3O3S.C20H29N3O.C19H28N2O3S.C16H19N3O3S.C15H21N3O4S/c27-22-17-26(20-11-10-18-6-4-5-7-19(18)16-20)23(24-22)12-14-25(15-13-23)30(28,29)21-8-2-1-3-9-21;24-19-16-23(15-17-7-3-1-4-8-17)20(21-19)11-13-22(14-12-20)18-9-5-2-6-10-18;1-2-16-5-7-18(8-6-16)25(22,23)21-13-14-24-19(21)9-11-20(12-10-19)15-17-3-4-17;20-23(21,14-5-1-3-13-4-2-8-17-15(13)14)19-10-6-16(7-11-19)18-9-12-22-16;1-22-12-2-4-13(5-3-12)23(20,21)18-10-7-15(8-11-18)16-9-6-14(19)17-15/h1-9,20H,10-17H2,(H,24,27);1,3-4,7-8,18H,2,5-6,9-16H2,(H,21,24);5-8,17H,2-4,9-15H2,1H3;1-5,8,18H,6-7,9-12H2;2-5,16H,6-11H2,1H3,(H,17,19). The lowest BCUT2D eigenvalue weighted by Crippen LogP contribution is -2.67. The summed E-state index contributed by atoms with van der Waals surface area (Å²) >= 11 is 0. The maximum absolute atomic E-state index is 13.2. The van der Waals surface area contributed by atoms with Crippen molar-refractivity contribution in [1.29, 1.82) is 0 Å². The molecule has 12 fully saturated rings. The molecule has 32 heteroatoms. The van der Waals surface area contributed by atoms with E-state index in [-0.39, 0.29) is 38.9 Å². The number of hydrogen-bond acceptors (Lipinski definition) is 21. The Balaban J connectivity index is 0.000000116. The van der Waals surface area contributed by atoms with Gasteiger partial charge in [-0.25, -0.2) is 33.7 Å². The van der Waals surface area contributed by atoms with Crippen molar-refractivity contribution in [3.05, 3.63) is 192 Å². The van der Waals surface area contributed by atoms with Crippen molar-refractivity contribution in [1.82, 2.24) is 68.4 Å². The van der Waals surface area contributed by atoms with Crippen LogP contribution in [-0.4, -0.2) is 259 Å². The quantitative estimate of drug-likeness (QED) is 0.0602. The summed E-state index contributed by atoms with van der Waals surface area (Å²) in [6.45, 7) is 14.8. The van der Waals surface area contributed by atoms with E-state index in [0.717, 1.165) is 114 Å². The third kappa shape index (κ3) is 20.5. The number of aromatic nitrogens is 1. The summed E-state index contributed by atoms with van der Waals surface area (Å²) in [4.78, 5) is 51.6. The molecule has 125 heavy (non-hydrogen) atoms. The third-order valence-corrected chi connectivity index (χ3v) is 35.9. The van der Waals surface area contributed by atoms with Crippen LogP contribution in [0.5, 0.6) is 5.75 Å². The first-order valence-corrected chi connectivity index (χ1v) is 51.0. The summed E-state index contributed by atoms with van der Waals surface area (Å²) in [7, 11) is -12.5. The lowest BCUT2D eigenvalue weighted by molar-refractivity contribution is -0.126. The Morgan fingerprint density at radius 2 is 1.06 bits per heavy atom. The Labute approximate surface area is 738 Å². The van der Waals surface area contributed by atoms with Crippen molar-refractivity contribution in [2.24, 2.45) is 5.92 Å². The molecule has 3 amide bonds. The maximum Gasteiger partial charge on any atom is 0.245 e. The molecule has 5 N–H and O–H groups in total. The molecule has 10 aliphatic heterocycles. The molecule has 5 spiro atoms. The molecule has 28 nitrogen and oxygen atoms in total. The summed E-state index contributed by atoms with van der Waals surface area (Å²) in [6.07, 6.45) is 23.0. The minimum atomic E-state index is -3.55. The van der Waals surface area contributed by atoms with Crippen LogP contribution in [0, 0.1) is 5.92 Å². The van der Waals surface area contributed by atoms with E-state index in [9.17, 15) is 48.1 Å². The highest BCUT2D eigenvalue weighted by Gasteiger charge is 2.54. The van der Waals surface area contributed by atoms with Gasteiger partial charge in [-0.3, -0.25) is 39.8 Å². The lowest BCUT2D eigenvalue weighted by Gasteiger charge is -2.47. The molecule has 674 valence electrons. The van der Waals surface area contributed by atoms with Crippen LogP contribution in [0.4, 0.5) is 0 Å². The fraction of sp³-hybridized carbons (Fsp3) is 0.548. The second-order valence-electron chi connectivity index (χ2n) is 35.8. The average Bonchev–Trinajstić information content (AvgIpc) is 1.64. The van der Waals surface area contributed by atoms with Gasteiger partial charge >= 0.3 is 0 Å². The Hall–Kier alpha value is -7.74. The Morgan fingerprint density at radius 1 is 0.472 bits per heavy atom. The molecule has 11 heterocycles. The van der Waals surface area contributed by atoms with Gasteiger partial charge in [-0.2, -0.15) is 17.2 Å². The summed E-state index contributed by atoms with van der Waals surface area (Å²) in [5.74, 6) is 1.76. The molecule has 2 saturated carbocycles. The molecule has 7 aromatic rings.